The molecule has 2 aliphatic heterocycles. The Morgan fingerprint density at radius 3 is 2.89 bits per heavy atom. The second kappa shape index (κ2) is 5.85. The first-order valence-corrected chi connectivity index (χ1v) is 9.02. The van der Waals surface area contributed by atoms with Gasteiger partial charge in [-0.2, -0.15) is 23.1 Å². The summed E-state index contributed by atoms with van der Waals surface area (Å²) in [6.07, 6.45) is 2.58. The van der Waals surface area contributed by atoms with Crippen LogP contribution in [0.4, 0.5) is 0 Å². The number of thioether (sulfide) groups is 1. The molecule has 0 aromatic carbocycles. The molecule has 19 heavy (non-hydrogen) atoms. The molecule has 2 unspecified atom stereocenters. The van der Waals surface area contributed by atoms with Crippen molar-refractivity contribution in [3.63, 3.8) is 0 Å². The number of hydrogen-bond acceptors (Lipinski definition) is 4. The van der Waals surface area contributed by atoms with Crippen molar-refractivity contribution >= 4 is 29.0 Å². The predicted molar refractivity (Wildman–Crippen MR) is 81.4 cm³/mol. The average molecular weight is 296 g/mol. The summed E-state index contributed by atoms with van der Waals surface area (Å²) in [5.74, 6) is 3.44. The maximum atomic E-state index is 12.3. The molecule has 1 aromatic rings. The first kappa shape index (κ1) is 13.5. The normalized spacial score (nSPS) is 29.1. The van der Waals surface area contributed by atoms with Gasteiger partial charge in [0.25, 0.3) is 0 Å². The van der Waals surface area contributed by atoms with Crippen LogP contribution >= 0.6 is 23.1 Å². The Kier molecular flexibility index (Phi) is 4.15. The van der Waals surface area contributed by atoms with Crippen molar-refractivity contribution in [3.8, 4) is 0 Å². The van der Waals surface area contributed by atoms with Gasteiger partial charge in [0.1, 0.15) is 6.17 Å². The van der Waals surface area contributed by atoms with Gasteiger partial charge < -0.3 is 4.90 Å². The summed E-state index contributed by atoms with van der Waals surface area (Å²) in [4.78, 5) is 14.4. The van der Waals surface area contributed by atoms with Crippen molar-refractivity contribution < 1.29 is 4.79 Å². The number of rotatable bonds is 3. The molecule has 0 saturated carbocycles. The number of hydrogen-bond donors (Lipinski definition) is 1. The number of carbonyl (C=O) groups is 1. The van der Waals surface area contributed by atoms with Crippen molar-refractivity contribution in [2.24, 2.45) is 5.92 Å². The number of thiophene rings is 1. The molecule has 3 heterocycles. The molecule has 0 radical (unpaired) electrons. The quantitative estimate of drug-likeness (QED) is 0.931. The van der Waals surface area contributed by atoms with E-state index < -0.39 is 0 Å². The zero-order valence-corrected chi connectivity index (χ0v) is 12.8. The Morgan fingerprint density at radius 2 is 2.21 bits per heavy atom. The van der Waals surface area contributed by atoms with Gasteiger partial charge in [-0.25, -0.2) is 0 Å². The summed E-state index contributed by atoms with van der Waals surface area (Å²) in [5.41, 5.74) is 1.23. The third-order valence-electron chi connectivity index (χ3n) is 4.03. The maximum absolute atomic E-state index is 12.3. The van der Waals surface area contributed by atoms with Crippen LogP contribution in [0.15, 0.2) is 16.8 Å². The monoisotopic (exact) mass is 296 g/mol. The van der Waals surface area contributed by atoms with E-state index in [1.165, 1.54) is 29.9 Å². The largest absolute Gasteiger partial charge is 0.321 e. The molecule has 0 spiro atoms. The van der Waals surface area contributed by atoms with Crippen molar-refractivity contribution in [3.05, 3.63) is 22.4 Å². The third-order valence-corrected chi connectivity index (χ3v) is 5.78. The van der Waals surface area contributed by atoms with Crippen LogP contribution in [-0.2, 0) is 4.79 Å². The summed E-state index contributed by atoms with van der Waals surface area (Å²) in [6.45, 7) is 2.88. The Bertz CT molecular complexity index is 429. The number of nitrogens with one attached hydrogen (secondary N) is 1. The first-order chi connectivity index (χ1) is 9.25. The smallest absolute Gasteiger partial charge is 0.241 e. The molecule has 1 aromatic heterocycles. The minimum Gasteiger partial charge on any atom is -0.321 e. The van der Waals surface area contributed by atoms with E-state index in [4.69, 9.17) is 0 Å². The minimum atomic E-state index is -0.0529. The average Bonchev–Trinajstić information content (AvgIpc) is 3.04. The lowest BCUT2D eigenvalue weighted by Gasteiger charge is -2.30. The molecule has 5 heteroatoms. The van der Waals surface area contributed by atoms with Crippen LogP contribution in [0.3, 0.4) is 0 Å². The lowest BCUT2D eigenvalue weighted by atomic mass is 10.0. The Morgan fingerprint density at radius 1 is 1.42 bits per heavy atom. The molecular formula is C14H20N2OS2. The molecule has 1 amide bonds. The zero-order chi connectivity index (χ0) is 13.2. The van der Waals surface area contributed by atoms with E-state index in [9.17, 15) is 4.79 Å². The van der Waals surface area contributed by atoms with E-state index in [1.807, 2.05) is 18.7 Å². The molecular weight excluding hydrogens is 276 g/mol. The highest BCUT2D eigenvalue weighted by Crippen LogP contribution is 2.31. The molecule has 2 aliphatic rings. The maximum Gasteiger partial charge on any atom is 0.241 e. The van der Waals surface area contributed by atoms with Gasteiger partial charge >= 0.3 is 0 Å². The highest BCUT2D eigenvalue weighted by Gasteiger charge is 2.38. The zero-order valence-electron chi connectivity index (χ0n) is 11.2. The summed E-state index contributed by atoms with van der Waals surface area (Å²) in [7, 11) is 0. The predicted octanol–water partition coefficient (Wildman–Crippen LogP) is 2.71. The van der Waals surface area contributed by atoms with Crippen LogP contribution in [-0.4, -0.2) is 34.9 Å². The fourth-order valence-electron chi connectivity index (χ4n) is 2.88. The number of carbonyl (C=O) groups excluding carboxylic acids is 1. The summed E-state index contributed by atoms with van der Waals surface area (Å²) >= 11 is 3.73. The lowest BCUT2D eigenvalue weighted by Crippen LogP contribution is -2.36. The van der Waals surface area contributed by atoms with Gasteiger partial charge in [0.2, 0.25) is 5.91 Å². The highest BCUT2D eigenvalue weighted by atomic mass is 32.2. The van der Waals surface area contributed by atoms with Crippen molar-refractivity contribution in [1.82, 2.24) is 10.2 Å². The van der Waals surface area contributed by atoms with Crippen LogP contribution in [0.25, 0.3) is 0 Å². The van der Waals surface area contributed by atoms with Gasteiger partial charge in [-0.1, -0.05) is 0 Å². The van der Waals surface area contributed by atoms with E-state index in [2.05, 4.69) is 27.0 Å². The fourth-order valence-corrected chi connectivity index (χ4v) is 4.77. The second-order valence-electron chi connectivity index (χ2n) is 5.39. The van der Waals surface area contributed by atoms with Gasteiger partial charge in [-0.3, -0.25) is 10.1 Å². The van der Waals surface area contributed by atoms with Crippen molar-refractivity contribution in [2.75, 3.05) is 18.1 Å². The van der Waals surface area contributed by atoms with Crippen LogP contribution in [0.2, 0.25) is 0 Å². The van der Waals surface area contributed by atoms with Crippen LogP contribution in [0.5, 0.6) is 0 Å². The van der Waals surface area contributed by atoms with Gasteiger partial charge in [-0.05, 0) is 59.6 Å². The van der Waals surface area contributed by atoms with Crippen LogP contribution < -0.4 is 5.32 Å². The Balaban J connectivity index is 1.73. The minimum absolute atomic E-state index is 0.0529. The fraction of sp³-hybridized carbons (Fsp3) is 0.643. The number of amides is 1. The van der Waals surface area contributed by atoms with Gasteiger partial charge in [0, 0.05) is 6.54 Å². The molecule has 2 saturated heterocycles. The SMILES string of the molecule is CC1NC(c2ccsc2)N(CC2CCSCC2)C1=O. The van der Waals surface area contributed by atoms with Gasteiger partial charge in [-0.15, -0.1) is 0 Å². The van der Waals surface area contributed by atoms with E-state index in [0.717, 1.165) is 6.54 Å². The van der Waals surface area contributed by atoms with E-state index >= 15 is 0 Å². The Hall–Kier alpha value is -0.520. The highest BCUT2D eigenvalue weighted by molar-refractivity contribution is 7.99. The van der Waals surface area contributed by atoms with Crippen LogP contribution in [0, 0.1) is 5.92 Å². The molecule has 1 N–H and O–H groups in total. The van der Waals surface area contributed by atoms with Gasteiger partial charge in [0.05, 0.1) is 6.04 Å². The third kappa shape index (κ3) is 2.83. The number of nitrogens with zero attached hydrogens (tertiary/aromatic N) is 1. The topological polar surface area (TPSA) is 32.3 Å². The van der Waals surface area contributed by atoms with E-state index in [1.54, 1.807) is 11.3 Å². The van der Waals surface area contributed by atoms with E-state index in [0.29, 0.717) is 5.92 Å². The molecule has 104 valence electrons. The molecule has 0 aliphatic carbocycles. The second-order valence-corrected chi connectivity index (χ2v) is 7.40. The standard InChI is InChI=1S/C14H20N2OS2/c1-10-14(17)16(8-11-2-5-18-6-3-11)13(15-10)12-4-7-19-9-12/h4,7,9-11,13,15H,2-3,5-6,8H2,1H3. The van der Waals surface area contributed by atoms with Crippen molar-refractivity contribution in [2.45, 2.75) is 32.0 Å². The Labute approximate surface area is 122 Å². The molecule has 2 fully saturated rings. The lowest BCUT2D eigenvalue weighted by molar-refractivity contribution is -0.130. The molecule has 3 rings (SSSR count). The van der Waals surface area contributed by atoms with Gasteiger partial charge in [0.15, 0.2) is 0 Å². The van der Waals surface area contributed by atoms with E-state index in [-0.39, 0.29) is 18.1 Å². The summed E-state index contributed by atoms with van der Waals surface area (Å²) in [6, 6.07) is 2.07. The molecule has 3 nitrogen and oxygen atoms in total. The summed E-state index contributed by atoms with van der Waals surface area (Å²) in [5, 5.41) is 7.65. The summed E-state index contributed by atoms with van der Waals surface area (Å²) < 4.78 is 0. The van der Waals surface area contributed by atoms with Crippen molar-refractivity contribution in [1.29, 1.82) is 0 Å². The molecule has 2 atom stereocenters. The first-order valence-electron chi connectivity index (χ1n) is 6.92. The molecule has 0 bridgehead atoms. The van der Waals surface area contributed by atoms with Crippen LogP contribution in [0.1, 0.15) is 31.5 Å².